The van der Waals surface area contributed by atoms with E-state index >= 15 is 0 Å². The Hall–Kier alpha value is -0.863. The molecule has 0 aliphatic heterocycles. The summed E-state index contributed by atoms with van der Waals surface area (Å²) in [5.41, 5.74) is 3.83. The molecule has 1 nitrogen and oxygen atoms in total. The molecule has 0 radical (unpaired) electrons. The highest BCUT2D eigenvalue weighted by molar-refractivity contribution is 6.43. The first-order chi connectivity index (χ1) is 8.27. The van der Waals surface area contributed by atoms with Crippen molar-refractivity contribution in [3.8, 4) is 0 Å². The monoisotopic (exact) mass is 259 g/mol. The van der Waals surface area contributed by atoms with Crippen LogP contribution in [0.5, 0.6) is 0 Å². The lowest BCUT2D eigenvalue weighted by Crippen LogP contribution is -2.54. The van der Waals surface area contributed by atoms with Gasteiger partial charge in [-0.15, -0.1) is 0 Å². The van der Waals surface area contributed by atoms with Gasteiger partial charge < -0.3 is 5.32 Å². The average molecular weight is 259 g/mol. The molecule has 0 spiro atoms. The first-order valence-corrected chi connectivity index (χ1v) is 8.36. The van der Waals surface area contributed by atoms with Crippen LogP contribution in [-0.4, -0.2) is 20.2 Å². The lowest BCUT2D eigenvalue weighted by Gasteiger charge is -2.36. The zero-order valence-corrected chi connectivity index (χ0v) is 13.7. The molecule has 0 fully saturated rings. The van der Waals surface area contributed by atoms with Crippen molar-refractivity contribution in [1.82, 2.24) is 5.32 Å². The van der Waals surface area contributed by atoms with E-state index in [9.17, 15) is 0 Å². The van der Waals surface area contributed by atoms with Crippen LogP contribution in [0.4, 0.5) is 0 Å². The molecule has 18 heavy (non-hydrogen) atoms. The predicted molar refractivity (Wildman–Crippen MR) is 83.7 cm³/mol. The number of fused-ring (bicyclic) bond motifs is 1. The van der Waals surface area contributed by atoms with Gasteiger partial charge in [0.15, 0.2) is 0 Å². The van der Waals surface area contributed by atoms with Crippen LogP contribution in [0.25, 0.3) is 6.08 Å². The van der Waals surface area contributed by atoms with E-state index in [2.05, 4.69) is 76.4 Å². The largest absolute Gasteiger partial charge is 0.310 e. The van der Waals surface area contributed by atoms with Crippen molar-refractivity contribution in [3.63, 3.8) is 0 Å². The Morgan fingerprint density at radius 2 is 1.72 bits per heavy atom. The third-order valence-corrected chi connectivity index (χ3v) is 5.70. The van der Waals surface area contributed by atoms with Gasteiger partial charge in [-0.05, 0) is 37.4 Å². The Bertz CT molecular complexity index is 454. The molecule has 1 aliphatic rings. The van der Waals surface area contributed by atoms with E-state index in [1.807, 2.05) is 0 Å². The fourth-order valence-corrected chi connectivity index (χ4v) is 5.71. The smallest absolute Gasteiger partial charge is 0.0567 e. The highest BCUT2D eigenvalue weighted by atomic mass is 28.2. The van der Waals surface area contributed by atoms with E-state index < -0.39 is 0 Å². The van der Waals surface area contributed by atoms with Gasteiger partial charge in [0.05, 0.1) is 9.52 Å². The molecular weight excluding hydrogens is 234 g/mol. The summed E-state index contributed by atoms with van der Waals surface area (Å²) in [6.07, 6.45) is 4.70. The van der Waals surface area contributed by atoms with Crippen molar-refractivity contribution >= 4 is 15.6 Å². The van der Waals surface area contributed by atoms with Crippen LogP contribution in [0.3, 0.4) is 0 Å². The van der Waals surface area contributed by atoms with Gasteiger partial charge in [0.2, 0.25) is 0 Å². The fraction of sp³-hybridized carbons (Fsp3) is 0.500. The minimum Gasteiger partial charge on any atom is -0.310 e. The molecule has 0 bridgehead atoms. The summed E-state index contributed by atoms with van der Waals surface area (Å²) >= 11 is 0. The van der Waals surface area contributed by atoms with Crippen LogP contribution in [0.2, 0.25) is 0 Å². The Kier molecular flexibility index (Phi) is 3.52. The summed E-state index contributed by atoms with van der Waals surface area (Å²) in [5.74, 6) is 0. The topological polar surface area (TPSA) is 12.0 Å². The first-order valence-electron chi connectivity index (χ1n) is 6.83. The molecular formula is C16H25NSi. The molecule has 1 aromatic carbocycles. The molecule has 0 amide bonds. The lowest BCUT2D eigenvalue weighted by atomic mass is 10.1. The number of nitrogens with one attached hydrogen (secondary N) is 1. The maximum Gasteiger partial charge on any atom is 0.0567 e. The van der Waals surface area contributed by atoms with Gasteiger partial charge in [-0.2, -0.15) is 0 Å². The Balaban J connectivity index is 2.10. The second-order valence-electron chi connectivity index (χ2n) is 7.06. The quantitative estimate of drug-likeness (QED) is 0.823. The standard InChI is InChI=1S/C16H25NSi/c1-15(2,3)17-16(4,5)18-14-11-10-12-8-6-7-9-13(12)14/h6-11,14,17H,18H2,1-5H3. The van der Waals surface area contributed by atoms with Crippen molar-refractivity contribution in [2.75, 3.05) is 0 Å². The SMILES string of the molecule is CC(C)(C)NC(C)(C)[SiH2]C1C=Cc2ccccc21. The van der Waals surface area contributed by atoms with Crippen molar-refractivity contribution < 1.29 is 0 Å². The van der Waals surface area contributed by atoms with E-state index in [4.69, 9.17) is 0 Å². The van der Waals surface area contributed by atoms with Gasteiger partial charge in [-0.25, -0.2) is 0 Å². The minimum absolute atomic E-state index is 0.193. The third kappa shape index (κ3) is 3.33. The molecule has 2 rings (SSSR count). The summed E-state index contributed by atoms with van der Waals surface area (Å²) in [7, 11) is -0.271. The second-order valence-corrected chi connectivity index (χ2v) is 10.1. The highest BCUT2D eigenvalue weighted by Gasteiger charge is 2.29. The van der Waals surface area contributed by atoms with Gasteiger partial charge >= 0.3 is 0 Å². The van der Waals surface area contributed by atoms with Crippen molar-refractivity contribution in [3.05, 3.63) is 41.5 Å². The van der Waals surface area contributed by atoms with Gasteiger partial charge in [-0.1, -0.05) is 50.3 Å². The molecule has 0 saturated carbocycles. The summed E-state index contributed by atoms with van der Waals surface area (Å²) in [6.45, 7) is 11.5. The molecule has 1 N–H and O–H groups in total. The van der Waals surface area contributed by atoms with Crippen LogP contribution in [-0.2, 0) is 0 Å². The molecule has 1 aromatic rings. The zero-order chi connectivity index (χ0) is 13.4. The Morgan fingerprint density at radius 3 is 2.39 bits per heavy atom. The number of rotatable bonds is 3. The van der Waals surface area contributed by atoms with Gasteiger partial charge in [0.25, 0.3) is 0 Å². The predicted octanol–water partition coefficient (Wildman–Crippen LogP) is 3.05. The van der Waals surface area contributed by atoms with E-state index in [1.165, 1.54) is 11.1 Å². The Labute approximate surface area is 114 Å². The van der Waals surface area contributed by atoms with Crippen LogP contribution in [0.15, 0.2) is 30.3 Å². The van der Waals surface area contributed by atoms with E-state index in [0.717, 1.165) is 0 Å². The van der Waals surface area contributed by atoms with Crippen LogP contribution in [0.1, 0.15) is 51.3 Å². The maximum absolute atomic E-state index is 3.78. The summed E-state index contributed by atoms with van der Waals surface area (Å²) < 4.78 is 0. The first kappa shape index (κ1) is 13.6. The van der Waals surface area contributed by atoms with E-state index in [0.29, 0.717) is 5.54 Å². The molecule has 2 heteroatoms. The molecule has 1 atom stereocenters. The number of benzene rings is 1. The van der Waals surface area contributed by atoms with E-state index in [-0.39, 0.29) is 20.2 Å². The molecule has 1 unspecified atom stereocenters. The molecule has 0 aromatic heterocycles. The van der Waals surface area contributed by atoms with Crippen molar-refractivity contribution in [2.45, 2.75) is 50.9 Å². The molecule has 98 valence electrons. The van der Waals surface area contributed by atoms with Crippen LogP contribution in [0, 0.1) is 0 Å². The average Bonchev–Trinajstić information content (AvgIpc) is 2.57. The maximum atomic E-state index is 3.78. The van der Waals surface area contributed by atoms with E-state index in [1.54, 1.807) is 0 Å². The summed E-state index contributed by atoms with van der Waals surface area (Å²) in [5, 5.41) is 4.06. The van der Waals surface area contributed by atoms with Gasteiger partial charge in [0, 0.05) is 10.7 Å². The number of allylic oxidation sites excluding steroid dienone is 1. The molecule has 0 heterocycles. The van der Waals surface area contributed by atoms with Gasteiger partial charge in [0.1, 0.15) is 0 Å². The second kappa shape index (κ2) is 4.67. The fourth-order valence-electron chi connectivity index (χ4n) is 3.12. The lowest BCUT2D eigenvalue weighted by molar-refractivity contribution is 0.353. The number of hydrogen-bond donors (Lipinski definition) is 1. The summed E-state index contributed by atoms with van der Waals surface area (Å²) in [6, 6.07) is 8.81. The van der Waals surface area contributed by atoms with Crippen LogP contribution < -0.4 is 5.32 Å². The Morgan fingerprint density at radius 1 is 1.06 bits per heavy atom. The highest BCUT2D eigenvalue weighted by Crippen LogP contribution is 2.31. The van der Waals surface area contributed by atoms with Crippen molar-refractivity contribution in [2.24, 2.45) is 0 Å². The summed E-state index contributed by atoms with van der Waals surface area (Å²) in [4.78, 5) is 0. The van der Waals surface area contributed by atoms with Crippen LogP contribution >= 0.6 is 0 Å². The minimum atomic E-state index is -0.271. The molecule has 0 saturated heterocycles. The third-order valence-electron chi connectivity index (χ3n) is 3.35. The van der Waals surface area contributed by atoms with Gasteiger partial charge in [-0.3, -0.25) is 0 Å². The zero-order valence-electron chi connectivity index (χ0n) is 12.2. The molecule has 1 aliphatic carbocycles. The number of hydrogen-bond acceptors (Lipinski definition) is 1. The van der Waals surface area contributed by atoms with Crippen molar-refractivity contribution in [1.29, 1.82) is 0 Å². The normalized spacial score (nSPS) is 19.7.